The van der Waals surface area contributed by atoms with Crippen molar-refractivity contribution < 1.29 is 17.9 Å². The smallest absolute Gasteiger partial charge is 0.229 e. The molecule has 4 rings (SSSR count). The highest BCUT2D eigenvalue weighted by atomic mass is 35.5. The summed E-state index contributed by atoms with van der Waals surface area (Å²) < 4.78 is 31.0. The molecule has 9 heteroatoms. The largest absolute Gasteiger partial charge is 0.457 e. The maximum Gasteiger partial charge on any atom is 0.229 e. The molecule has 2 aliphatic rings. The van der Waals surface area contributed by atoms with Crippen molar-refractivity contribution in [3.05, 3.63) is 54.1 Å². The van der Waals surface area contributed by atoms with Gasteiger partial charge in [0.1, 0.15) is 11.5 Å². The van der Waals surface area contributed by atoms with Gasteiger partial charge < -0.3 is 10.1 Å². The van der Waals surface area contributed by atoms with Gasteiger partial charge in [0.2, 0.25) is 15.9 Å². The highest BCUT2D eigenvalue weighted by Gasteiger charge is 2.21. The van der Waals surface area contributed by atoms with Gasteiger partial charge in [-0.1, -0.05) is 44.2 Å². The molecule has 0 atom stereocenters. The lowest BCUT2D eigenvalue weighted by molar-refractivity contribution is -0.122. The number of likely N-dealkylation sites (tertiary alicyclic amines) is 1. The summed E-state index contributed by atoms with van der Waals surface area (Å²) in [6.07, 6.45) is 12.9. The van der Waals surface area contributed by atoms with Crippen LogP contribution in [0.25, 0.3) is 0 Å². The number of ether oxygens (including phenoxy) is 1. The predicted octanol–water partition coefficient (Wildman–Crippen LogP) is 6.10. The minimum Gasteiger partial charge on any atom is -0.457 e. The molecule has 1 saturated heterocycles. The minimum atomic E-state index is -3.30. The lowest BCUT2D eigenvalue weighted by Gasteiger charge is -2.32. The number of nitrogens with one attached hydrogen (secondary N) is 2. The summed E-state index contributed by atoms with van der Waals surface area (Å²) in [6, 6.07) is 15.2. The summed E-state index contributed by atoms with van der Waals surface area (Å²) in [6.45, 7) is 2.85. The van der Waals surface area contributed by atoms with Crippen molar-refractivity contribution in [2.75, 3.05) is 24.1 Å². The number of halogens is 1. The van der Waals surface area contributed by atoms with E-state index in [9.17, 15) is 13.2 Å². The van der Waals surface area contributed by atoms with Crippen LogP contribution in [0.3, 0.4) is 0 Å². The second-order valence-electron chi connectivity index (χ2n) is 10.7. The molecule has 0 unspecified atom stereocenters. The lowest BCUT2D eigenvalue weighted by Crippen LogP contribution is -2.44. The van der Waals surface area contributed by atoms with Gasteiger partial charge in [0.25, 0.3) is 0 Å². The van der Waals surface area contributed by atoms with Crippen LogP contribution in [-0.4, -0.2) is 44.6 Å². The van der Waals surface area contributed by atoms with Crippen molar-refractivity contribution in [3.8, 4) is 11.5 Å². The highest BCUT2D eigenvalue weighted by molar-refractivity contribution is 7.92. The first-order chi connectivity index (χ1) is 17.8. The molecule has 2 aromatic rings. The number of benzene rings is 2. The predicted molar refractivity (Wildman–Crippen MR) is 156 cm³/mol. The van der Waals surface area contributed by atoms with Crippen molar-refractivity contribution >= 4 is 34.0 Å². The Morgan fingerprint density at radius 2 is 1.53 bits per heavy atom. The fourth-order valence-corrected chi connectivity index (χ4v) is 5.99. The zero-order valence-corrected chi connectivity index (χ0v) is 24.0. The summed E-state index contributed by atoms with van der Waals surface area (Å²) >= 11 is 0. The molecule has 7 nitrogen and oxygen atoms in total. The maximum absolute atomic E-state index is 12.4. The van der Waals surface area contributed by atoms with E-state index < -0.39 is 10.0 Å². The fraction of sp³-hybridized carbons (Fsp3) is 0.552. The van der Waals surface area contributed by atoms with Crippen molar-refractivity contribution in [1.82, 2.24) is 10.2 Å². The number of hydrogen-bond acceptors (Lipinski definition) is 5. The summed E-state index contributed by atoms with van der Waals surface area (Å²) in [5.74, 6) is 2.46. The normalized spacial score (nSPS) is 17.4. The molecule has 2 N–H and O–H groups in total. The van der Waals surface area contributed by atoms with Crippen molar-refractivity contribution in [2.24, 2.45) is 5.92 Å². The zero-order valence-electron chi connectivity index (χ0n) is 22.4. The number of amides is 1. The molecular weight excluding hydrogens is 522 g/mol. The quantitative estimate of drug-likeness (QED) is 0.345. The monoisotopic (exact) mass is 563 g/mol. The molecule has 0 bridgehead atoms. The summed E-state index contributed by atoms with van der Waals surface area (Å²) in [5, 5.41) is 3.27. The third kappa shape index (κ3) is 10.5. The van der Waals surface area contributed by atoms with Gasteiger partial charge in [-0.25, -0.2) is 8.42 Å². The van der Waals surface area contributed by atoms with E-state index in [1.54, 1.807) is 24.3 Å². The molecule has 38 heavy (non-hydrogen) atoms. The Kier molecular flexibility index (Phi) is 11.7. The summed E-state index contributed by atoms with van der Waals surface area (Å²) in [7, 11) is -3.30. The average Bonchev–Trinajstić information content (AvgIpc) is 2.87. The van der Waals surface area contributed by atoms with Crippen molar-refractivity contribution in [2.45, 2.75) is 76.8 Å². The van der Waals surface area contributed by atoms with Crippen molar-refractivity contribution in [3.63, 3.8) is 0 Å². The molecule has 0 radical (unpaired) electrons. The van der Waals surface area contributed by atoms with E-state index in [2.05, 4.69) is 27.1 Å². The third-order valence-electron chi connectivity index (χ3n) is 7.42. The molecular formula is C29H42ClN3O4S. The fourth-order valence-electron chi connectivity index (χ4n) is 5.42. The average molecular weight is 564 g/mol. The molecule has 1 aliphatic carbocycles. The number of sulfonamides is 1. The van der Waals surface area contributed by atoms with E-state index in [1.807, 2.05) is 12.1 Å². The van der Waals surface area contributed by atoms with E-state index in [-0.39, 0.29) is 18.3 Å². The highest BCUT2D eigenvalue weighted by Crippen LogP contribution is 2.28. The number of anilines is 1. The Labute approximate surface area is 234 Å². The third-order valence-corrected chi connectivity index (χ3v) is 8.02. The number of rotatable bonds is 11. The Morgan fingerprint density at radius 3 is 2.13 bits per heavy atom. The summed E-state index contributed by atoms with van der Waals surface area (Å²) in [4.78, 5) is 14.8. The minimum absolute atomic E-state index is 0. The van der Waals surface area contributed by atoms with Crippen LogP contribution < -0.4 is 14.8 Å². The molecule has 1 heterocycles. The van der Waals surface area contributed by atoms with Gasteiger partial charge >= 0.3 is 0 Å². The van der Waals surface area contributed by atoms with Crippen LogP contribution in [0, 0.1) is 5.92 Å². The van der Waals surface area contributed by atoms with Crippen LogP contribution in [0.5, 0.6) is 11.5 Å². The maximum atomic E-state index is 12.4. The van der Waals surface area contributed by atoms with Gasteiger partial charge in [0.15, 0.2) is 0 Å². The van der Waals surface area contributed by atoms with Gasteiger partial charge in [-0.15, -0.1) is 12.4 Å². The van der Waals surface area contributed by atoms with Gasteiger partial charge in [0, 0.05) is 37.8 Å². The molecule has 2 aromatic carbocycles. The second kappa shape index (κ2) is 14.8. The van der Waals surface area contributed by atoms with Crippen molar-refractivity contribution in [1.29, 1.82) is 0 Å². The number of carbonyl (C=O) groups excluding carboxylic acids is 1. The zero-order chi connectivity index (χ0) is 26.1. The number of nitrogens with zero attached hydrogens (tertiary/aromatic N) is 1. The first-order valence-electron chi connectivity index (χ1n) is 13.7. The first-order valence-corrected chi connectivity index (χ1v) is 15.6. The van der Waals surface area contributed by atoms with Crippen LogP contribution in [0.2, 0.25) is 0 Å². The molecule has 1 amide bonds. The van der Waals surface area contributed by atoms with Crippen LogP contribution in [-0.2, 0) is 21.4 Å². The number of carbonyl (C=O) groups is 1. The Bertz CT molecular complexity index is 1100. The molecule has 1 aliphatic heterocycles. The molecule has 1 saturated carbocycles. The van der Waals surface area contributed by atoms with Crippen LogP contribution in [0.1, 0.15) is 69.8 Å². The number of hydrogen-bond donors (Lipinski definition) is 2. The molecule has 210 valence electrons. The lowest BCUT2D eigenvalue weighted by atomic mass is 9.86. The standard InChI is InChI=1S/C29H41N3O4S.ClH/c1-37(34,35)31-26-12-16-28(17-13-26)36-27-14-10-24(11-15-27)22-32-20-18-25(19-21-32)30-29(33)9-5-8-23-6-3-2-4-7-23;/h10-17,23,25,31H,2-9,18-22H2,1H3,(H,30,33);1H. The van der Waals surface area contributed by atoms with E-state index in [4.69, 9.17) is 4.74 Å². The van der Waals surface area contributed by atoms with E-state index in [0.29, 0.717) is 23.9 Å². The van der Waals surface area contributed by atoms with E-state index in [0.717, 1.165) is 56.8 Å². The van der Waals surface area contributed by atoms with Gasteiger partial charge in [-0.05, 0) is 73.6 Å². The van der Waals surface area contributed by atoms with E-state index in [1.165, 1.54) is 44.1 Å². The Balaban J connectivity index is 0.00000400. The second-order valence-corrected chi connectivity index (χ2v) is 12.4. The SMILES string of the molecule is CS(=O)(=O)Nc1ccc(Oc2ccc(CN3CCC(NC(=O)CCCC4CCCCC4)CC3)cc2)cc1.Cl. The van der Waals surface area contributed by atoms with Gasteiger partial charge in [0.05, 0.1) is 6.26 Å². The Hall–Kier alpha value is -2.29. The molecule has 0 spiro atoms. The summed E-state index contributed by atoms with van der Waals surface area (Å²) in [5.41, 5.74) is 1.73. The molecule has 2 fully saturated rings. The molecule has 0 aromatic heterocycles. The van der Waals surface area contributed by atoms with Gasteiger partial charge in [-0.3, -0.25) is 14.4 Å². The van der Waals surface area contributed by atoms with Crippen LogP contribution >= 0.6 is 12.4 Å². The Morgan fingerprint density at radius 1 is 0.921 bits per heavy atom. The first kappa shape index (κ1) is 30.3. The van der Waals surface area contributed by atoms with Crippen LogP contribution in [0.15, 0.2) is 48.5 Å². The van der Waals surface area contributed by atoms with Gasteiger partial charge in [-0.2, -0.15) is 0 Å². The van der Waals surface area contributed by atoms with Crippen LogP contribution in [0.4, 0.5) is 5.69 Å². The number of piperidine rings is 1. The topological polar surface area (TPSA) is 87.7 Å². The van der Waals surface area contributed by atoms with E-state index >= 15 is 0 Å².